The zero-order valence-electron chi connectivity index (χ0n) is 10.1. The lowest BCUT2D eigenvalue weighted by Crippen LogP contribution is -2.07. The van der Waals surface area contributed by atoms with Gasteiger partial charge < -0.3 is 14.6 Å². The molecule has 0 aromatic heterocycles. The van der Waals surface area contributed by atoms with Crippen molar-refractivity contribution in [2.45, 2.75) is 70.9 Å². The van der Waals surface area contributed by atoms with E-state index in [9.17, 15) is 4.79 Å². The monoisotopic (exact) mass is 230 g/mol. The smallest absolute Gasteiger partial charge is 0.306 e. The molecule has 2 heterocycles. The van der Waals surface area contributed by atoms with Crippen molar-refractivity contribution >= 4 is 5.97 Å². The summed E-state index contributed by atoms with van der Waals surface area (Å²) in [5, 5.41) is 8.81. The summed E-state index contributed by atoms with van der Waals surface area (Å²) in [7, 11) is 0. The highest BCUT2D eigenvalue weighted by Crippen LogP contribution is 2.19. The van der Waals surface area contributed by atoms with Gasteiger partial charge in [-0.25, -0.2) is 0 Å². The SMILES string of the molecule is CCC1CCC(=O)O1.CCC1CCC(O)O1. The van der Waals surface area contributed by atoms with Crippen LogP contribution in [0.25, 0.3) is 0 Å². The highest BCUT2D eigenvalue weighted by molar-refractivity contribution is 5.71. The Kier molecular flexibility index (Phi) is 5.77. The predicted octanol–water partition coefficient (Wildman–Crippen LogP) is 2.00. The number of carbonyl (C=O) groups is 1. The van der Waals surface area contributed by atoms with Crippen LogP contribution >= 0.6 is 0 Å². The summed E-state index contributed by atoms with van der Waals surface area (Å²) in [4.78, 5) is 10.4. The maximum atomic E-state index is 10.4. The highest BCUT2D eigenvalue weighted by Gasteiger charge is 2.21. The van der Waals surface area contributed by atoms with Gasteiger partial charge in [0.2, 0.25) is 0 Å². The second-order valence-corrected chi connectivity index (χ2v) is 4.26. The quantitative estimate of drug-likeness (QED) is 0.737. The number of cyclic esters (lactones) is 1. The van der Waals surface area contributed by atoms with Crippen LogP contribution in [0.15, 0.2) is 0 Å². The standard InChI is InChI=1S/C6H12O2.C6H10O2/c2*1-2-5-3-4-6(7)8-5/h5-7H,2-4H2,1H3;5H,2-4H2,1H3. The van der Waals surface area contributed by atoms with Gasteiger partial charge in [0.15, 0.2) is 6.29 Å². The second-order valence-electron chi connectivity index (χ2n) is 4.26. The molecule has 0 bridgehead atoms. The molecule has 0 saturated carbocycles. The normalized spacial score (nSPS) is 33.2. The van der Waals surface area contributed by atoms with Crippen LogP contribution < -0.4 is 0 Å². The third-order valence-electron chi connectivity index (χ3n) is 2.96. The molecule has 2 rings (SSSR count). The molecule has 94 valence electrons. The number of carbonyl (C=O) groups excluding carboxylic acids is 1. The largest absolute Gasteiger partial charge is 0.462 e. The van der Waals surface area contributed by atoms with Crippen molar-refractivity contribution < 1.29 is 19.4 Å². The maximum Gasteiger partial charge on any atom is 0.306 e. The third-order valence-corrected chi connectivity index (χ3v) is 2.96. The summed E-state index contributed by atoms with van der Waals surface area (Å²) in [6, 6.07) is 0. The molecule has 16 heavy (non-hydrogen) atoms. The summed E-state index contributed by atoms with van der Waals surface area (Å²) in [5.41, 5.74) is 0. The molecular weight excluding hydrogens is 208 g/mol. The van der Waals surface area contributed by atoms with Gasteiger partial charge in [-0.1, -0.05) is 13.8 Å². The molecule has 3 atom stereocenters. The first-order chi connectivity index (χ1) is 7.65. The van der Waals surface area contributed by atoms with Crippen LogP contribution in [0, 0.1) is 0 Å². The molecule has 2 aliphatic heterocycles. The van der Waals surface area contributed by atoms with Crippen molar-refractivity contribution in [1.29, 1.82) is 0 Å². The first-order valence-corrected chi connectivity index (χ1v) is 6.18. The lowest BCUT2D eigenvalue weighted by atomic mass is 10.2. The van der Waals surface area contributed by atoms with Gasteiger partial charge in [0, 0.05) is 12.8 Å². The Hall–Kier alpha value is -0.610. The molecule has 4 heteroatoms. The first kappa shape index (κ1) is 13.5. The highest BCUT2D eigenvalue weighted by atomic mass is 16.6. The predicted molar refractivity (Wildman–Crippen MR) is 59.8 cm³/mol. The zero-order valence-corrected chi connectivity index (χ0v) is 10.1. The fourth-order valence-electron chi connectivity index (χ4n) is 1.86. The Bertz CT molecular complexity index is 217. The summed E-state index contributed by atoms with van der Waals surface area (Å²) in [6.45, 7) is 4.10. The summed E-state index contributed by atoms with van der Waals surface area (Å²) >= 11 is 0. The molecular formula is C12H22O4. The minimum atomic E-state index is -0.472. The van der Waals surface area contributed by atoms with Crippen molar-refractivity contribution in [3.63, 3.8) is 0 Å². The van der Waals surface area contributed by atoms with Gasteiger partial charge in [0.1, 0.15) is 6.10 Å². The fourth-order valence-corrected chi connectivity index (χ4v) is 1.86. The number of ether oxygens (including phenoxy) is 2. The van der Waals surface area contributed by atoms with E-state index in [4.69, 9.17) is 14.6 Å². The summed E-state index contributed by atoms with van der Waals surface area (Å²) in [6.07, 6.45) is 5.46. The molecule has 4 nitrogen and oxygen atoms in total. The van der Waals surface area contributed by atoms with Gasteiger partial charge in [0.05, 0.1) is 6.10 Å². The molecule has 0 aliphatic carbocycles. The van der Waals surface area contributed by atoms with Crippen molar-refractivity contribution in [2.24, 2.45) is 0 Å². The van der Waals surface area contributed by atoms with E-state index in [-0.39, 0.29) is 12.1 Å². The van der Waals surface area contributed by atoms with Crippen LogP contribution in [-0.2, 0) is 14.3 Å². The lowest BCUT2D eigenvalue weighted by Gasteiger charge is -2.04. The minimum Gasteiger partial charge on any atom is -0.462 e. The average Bonchev–Trinajstić information content (AvgIpc) is 2.88. The molecule has 0 aromatic carbocycles. The van der Waals surface area contributed by atoms with Gasteiger partial charge in [0.25, 0.3) is 0 Å². The van der Waals surface area contributed by atoms with Crippen molar-refractivity contribution in [3.8, 4) is 0 Å². The van der Waals surface area contributed by atoms with Gasteiger partial charge in [-0.3, -0.25) is 4.79 Å². The Morgan fingerprint density at radius 3 is 2.12 bits per heavy atom. The third kappa shape index (κ3) is 4.49. The summed E-state index contributed by atoms with van der Waals surface area (Å²) in [5.74, 6) is -0.0307. The molecule has 0 amide bonds. The number of aliphatic hydroxyl groups is 1. The fraction of sp³-hybridized carbons (Fsp3) is 0.917. The van der Waals surface area contributed by atoms with Crippen LogP contribution in [0.1, 0.15) is 52.4 Å². The van der Waals surface area contributed by atoms with E-state index in [0.717, 1.165) is 32.1 Å². The topological polar surface area (TPSA) is 55.8 Å². The van der Waals surface area contributed by atoms with Crippen LogP contribution in [0.4, 0.5) is 0 Å². The lowest BCUT2D eigenvalue weighted by molar-refractivity contribution is -0.141. The number of hydrogen-bond acceptors (Lipinski definition) is 4. The van der Waals surface area contributed by atoms with Gasteiger partial charge >= 0.3 is 5.97 Å². The minimum absolute atomic E-state index is 0.0307. The van der Waals surface area contributed by atoms with E-state index in [1.807, 2.05) is 6.92 Å². The van der Waals surface area contributed by atoms with E-state index in [1.165, 1.54) is 0 Å². The van der Waals surface area contributed by atoms with Gasteiger partial charge in [-0.15, -0.1) is 0 Å². The van der Waals surface area contributed by atoms with Crippen LogP contribution in [0.2, 0.25) is 0 Å². The van der Waals surface area contributed by atoms with E-state index < -0.39 is 6.29 Å². The van der Waals surface area contributed by atoms with Gasteiger partial charge in [-0.05, 0) is 25.7 Å². The Labute approximate surface area is 96.9 Å². The molecule has 2 fully saturated rings. The van der Waals surface area contributed by atoms with Crippen molar-refractivity contribution in [3.05, 3.63) is 0 Å². The van der Waals surface area contributed by atoms with Gasteiger partial charge in [-0.2, -0.15) is 0 Å². The number of rotatable bonds is 2. The van der Waals surface area contributed by atoms with E-state index in [1.54, 1.807) is 0 Å². The molecule has 0 radical (unpaired) electrons. The first-order valence-electron chi connectivity index (χ1n) is 6.18. The average molecular weight is 230 g/mol. The number of aliphatic hydroxyl groups excluding tert-OH is 1. The van der Waals surface area contributed by atoms with E-state index in [0.29, 0.717) is 12.5 Å². The second kappa shape index (κ2) is 6.86. The number of hydrogen-bond donors (Lipinski definition) is 1. The summed E-state index contributed by atoms with van der Waals surface area (Å²) < 4.78 is 9.94. The molecule has 0 aromatic rings. The molecule has 2 aliphatic rings. The molecule has 3 unspecified atom stereocenters. The Balaban J connectivity index is 0.000000160. The number of esters is 1. The molecule has 2 saturated heterocycles. The van der Waals surface area contributed by atoms with E-state index >= 15 is 0 Å². The maximum absolute atomic E-state index is 10.4. The van der Waals surface area contributed by atoms with Crippen molar-refractivity contribution in [2.75, 3.05) is 0 Å². The molecule has 0 spiro atoms. The molecule has 1 N–H and O–H groups in total. The van der Waals surface area contributed by atoms with Crippen molar-refractivity contribution in [1.82, 2.24) is 0 Å². The van der Waals surface area contributed by atoms with E-state index in [2.05, 4.69) is 6.92 Å². The zero-order chi connectivity index (χ0) is 12.0. The Morgan fingerprint density at radius 1 is 1.19 bits per heavy atom. The van der Waals surface area contributed by atoms with Crippen LogP contribution in [0.5, 0.6) is 0 Å². The van der Waals surface area contributed by atoms with Crippen LogP contribution in [-0.4, -0.2) is 29.6 Å². The van der Waals surface area contributed by atoms with Crippen LogP contribution in [0.3, 0.4) is 0 Å². The Morgan fingerprint density at radius 2 is 1.88 bits per heavy atom.